The van der Waals surface area contributed by atoms with Crippen molar-refractivity contribution in [3.05, 3.63) is 88.1 Å². The molecule has 1 rings (SSSR count). The molecule has 1 aromatic carbocycles. The van der Waals surface area contributed by atoms with Gasteiger partial charge in [-0.15, -0.1) is 0 Å². The Labute approximate surface area is 136 Å². The van der Waals surface area contributed by atoms with Crippen LogP contribution < -0.4 is 0 Å². The van der Waals surface area contributed by atoms with Gasteiger partial charge in [0.25, 0.3) is 0 Å². The monoisotopic (exact) mass is 292 g/mol. The summed E-state index contributed by atoms with van der Waals surface area (Å²) in [7, 11) is 0. The quantitative estimate of drug-likeness (QED) is 0.523. The van der Waals surface area contributed by atoms with Gasteiger partial charge in [-0.2, -0.15) is 0 Å². The molecule has 22 heavy (non-hydrogen) atoms. The molecule has 116 valence electrons. The van der Waals surface area contributed by atoms with Gasteiger partial charge in [0.15, 0.2) is 0 Å². The molecule has 0 fully saturated rings. The molecule has 0 aliphatic rings. The summed E-state index contributed by atoms with van der Waals surface area (Å²) in [5.74, 6) is 0. The second-order valence-corrected chi connectivity index (χ2v) is 6.00. The molecule has 0 radical (unpaired) electrons. The van der Waals surface area contributed by atoms with Gasteiger partial charge in [-0.1, -0.05) is 66.3 Å². The molecule has 0 heteroatoms. The highest BCUT2D eigenvalue weighted by atomic mass is 14.1. The van der Waals surface area contributed by atoms with Crippen molar-refractivity contribution in [2.24, 2.45) is 0 Å². The first-order valence-electron chi connectivity index (χ1n) is 7.78. The number of hydrogen-bond donors (Lipinski definition) is 0. The molecule has 0 heterocycles. The number of aryl methyl sites for hydroxylation is 1. The van der Waals surface area contributed by atoms with Gasteiger partial charge in [0, 0.05) is 0 Å². The van der Waals surface area contributed by atoms with Gasteiger partial charge in [-0.25, -0.2) is 0 Å². The van der Waals surface area contributed by atoms with Gasteiger partial charge in [0.1, 0.15) is 0 Å². The number of rotatable bonds is 5. The van der Waals surface area contributed by atoms with Crippen molar-refractivity contribution in [1.29, 1.82) is 0 Å². The summed E-state index contributed by atoms with van der Waals surface area (Å²) in [5.41, 5.74) is 8.70. The van der Waals surface area contributed by atoms with Gasteiger partial charge in [-0.3, -0.25) is 0 Å². The molecular weight excluding hydrogens is 264 g/mol. The third-order valence-electron chi connectivity index (χ3n) is 3.54. The molecule has 0 bridgehead atoms. The summed E-state index contributed by atoms with van der Waals surface area (Å²) >= 11 is 0. The van der Waals surface area contributed by atoms with E-state index in [1.54, 1.807) is 0 Å². The Balaban J connectivity index is 3.44. The van der Waals surface area contributed by atoms with Crippen molar-refractivity contribution < 1.29 is 0 Å². The molecule has 0 saturated heterocycles. The number of hydrogen-bond acceptors (Lipinski definition) is 0. The Morgan fingerprint density at radius 3 is 2.18 bits per heavy atom. The van der Waals surface area contributed by atoms with E-state index in [0.717, 1.165) is 5.57 Å². The summed E-state index contributed by atoms with van der Waals surface area (Å²) in [6.07, 6.45) is 8.71. The molecule has 0 amide bonds. The third kappa shape index (κ3) is 5.04. The lowest BCUT2D eigenvalue weighted by molar-refractivity contribution is 1.27. The fraction of sp³-hybridized carbons (Fsp3) is 0.273. The lowest BCUT2D eigenvalue weighted by Gasteiger charge is -2.13. The van der Waals surface area contributed by atoms with E-state index in [9.17, 15) is 0 Å². The molecule has 0 saturated carbocycles. The number of benzene rings is 1. The zero-order valence-electron chi connectivity index (χ0n) is 14.8. The lowest BCUT2D eigenvalue weighted by Crippen LogP contribution is -1.94. The highest BCUT2D eigenvalue weighted by molar-refractivity contribution is 5.66. The molecule has 0 nitrogen and oxygen atoms in total. The molecule has 0 N–H and O–H groups in total. The Morgan fingerprint density at radius 1 is 1.05 bits per heavy atom. The van der Waals surface area contributed by atoms with E-state index in [1.807, 2.05) is 6.92 Å². The molecule has 0 aromatic heterocycles. The molecular formula is C22H28. The van der Waals surface area contributed by atoms with E-state index in [2.05, 4.69) is 89.8 Å². The van der Waals surface area contributed by atoms with Crippen molar-refractivity contribution >= 4 is 6.08 Å². The predicted octanol–water partition coefficient (Wildman–Crippen LogP) is 6.81. The van der Waals surface area contributed by atoms with Crippen LogP contribution in [0.3, 0.4) is 0 Å². The first-order valence-corrected chi connectivity index (χ1v) is 7.78. The molecule has 0 atom stereocenters. The van der Waals surface area contributed by atoms with Gasteiger partial charge >= 0.3 is 0 Å². The standard InChI is InChI=1S/C22H28/c1-8-11-21(17(4)5)22(14-16(2)3)19(7)15-20-13-10-9-12-18(20)6/h8-15H,2H2,1,3-7H3. The number of allylic oxidation sites excluding steroid dienone is 8. The van der Waals surface area contributed by atoms with Gasteiger partial charge in [0.2, 0.25) is 0 Å². The maximum atomic E-state index is 4.05. The van der Waals surface area contributed by atoms with Crippen molar-refractivity contribution in [3.63, 3.8) is 0 Å². The Hall–Kier alpha value is -2.08. The van der Waals surface area contributed by atoms with Crippen molar-refractivity contribution in [2.75, 3.05) is 0 Å². The predicted molar refractivity (Wildman–Crippen MR) is 101 cm³/mol. The zero-order chi connectivity index (χ0) is 16.7. The third-order valence-corrected chi connectivity index (χ3v) is 3.54. The fourth-order valence-corrected chi connectivity index (χ4v) is 2.40. The first kappa shape index (κ1) is 18.0. The molecule has 1 aromatic rings. The van der Waals surface area contributed by atoms with Gasteiger partial charge < -0.3 is 0 Å². The van der Waals surface area contributed by atoms with Crippen LogP contribution in [0.25, 0.3) is 6.08 Å². The van der Waals surface area contributed by atoms with Crippen LogP contribution in [0.5, 0.6) is 0 Å². The summed E-state index contributed by atoms with van der Waals surface area (Å²) in [4.78, 5) is 0. The second-order valence-electron chi connectivity index (χ2n) is 6.00. The van der Waals surface area contributed by atoms with Crippen molar-refractivity contribution in [3.8, 4) is 0 Å². The van der Waals surface area contributed by atoms with Crippen LogP contribution in [0.1, 0.15) is 45.7 Å². The van der Waals surface area contributed by atoms with Crippen LogP contribution in [0, 0.1) is 6.92 Å². The minimum atomic E-state index is 1.07. The topological polar surface area (TPSA) is 0 Å². The van der Waals surface area contributed by atoms with Crippen LogP contribution >= 0.6 is 0 Å². The Kier molecular flexibility index (Phi) is 6.85. The van der Waals surface area contributed by atoms with Crippen LogP contribution in [0.15, 0.2) is 76.9 Å². The average Bonchev–Trinajstić information content (AvgIpc) is 2.44. The van der Waals surface area contributed by atoms with Crippen LogP contribution in [0.4, 0.5) is 0 Å². The minimum absolute atomic E-state index is 1.07. The van der Waals surface area contributed by atoms with E-state index in [4.69, 9.17) is 0 Å². The molecule has 0 aliphatic heterocycles. The SMILES string of the molecule is C=C(C)C=C(C(C)=Cc1ccccc1C)C(C=CC)=C(C)C. The smallest absolute Gasteiger partial charge is 0.0153 e. The van der Waals surface area contributed by atoms with E-state index in [1.165, 1.54) is 33.4 Å². The van der Waals surface area contributed by atoms with Crippen molar-refractivity contribution in [1.82, 2.24) is 0 Å². The summed E-state index contributed by atoms with van der Waals surface area (Å²) in [6, 6.07) is 8.47. The summed E-state index contributed by atoms with van der Waals surface area (Å²) < 4.78 is 0. The van der Waals surface area contributed by atoms with Crippen LogP contribution in [-0.2, 0) is 0 Å². The van der Waals surface area contributed by atoms with E-state index in [0.29, 0.717) is 0 Å². The van der Waals surface area contributed by atoms with Crippen LogP contribution in [-0.4, -0.2) is 0 Å². The van der Waals surface area contributed by atoms with Gasteiger partial charge in [0.05, 0.1) is 0 Å². The second kappa shape index (κ2) is 8.38. The van der Waals surface area contributed by atoms with Crippen LogP contribution in [0.2, 0.25) is 0 Å². The molecule has 0 spiro atoms. The largest absolute Gasteiger partial charge is 0.0961 e. The average molecular weight is 292 g/mol. The fourth-order valence-electron chi connectivity index (χ4n) is 2.40. The normalized spacial score (nSPS) is 12.6. The molecule has 0 unspecified atom stereocenters. The van der Waals surface area contributed by atoms with E-state index < -0.39 is 0 Å². The molecule has 0 aliphatic carbocycles. The van der Waals surface area contributed by atoms with E-state index >= 15 is 0 Å². The minimum Gasteiger partial charge on any atom is -0.0961 e. The summed E-state index contributed by atoms with van der Waals surface area (Å²) in [5, 5.41) is 0. The zero-order valence-corrected chi connectivity index (χ0v) is 14.8. The summed E-state index contributed by atoms with van der Waals surface area (Å²) in [6.45, 7) is 16.8. The highest BCUT2D eigenvalue weighted by Crippen LogP contribution is 2.27. The first-order chi connectivity index (χ1) is 10.4. The Bertz CT molecular complexity index is 657. The van der Waals surface area contributed by atoms with Crippen molar-refractivity contribution in [2.45, 2.75) is 41.5 Å². The lowest BCUT2D eigenvalue weighted by atomic mass is 9.91. The van der Waals surface area contributed by atoms with E-state index in [-0.39, 0.29) is 0 Å². The van der Waals surface area contributed by atoms with Gasteiger partial charge in [-0.05, 0) is 69.4 Å². The maximum Gasteiger partial charge on any atom is -0.0153 e. The Morgan fingerprint density at radius 2 is 1.68 bits per heavy atom. The maximum absolute atomic E-state index is 4.05. The highest BCUT2D eigenvalue weighted by Gasteiger charge is 2.07.